The van der Waals surface area contributed by atoms with Gasteiger partial charge in [-0.25, -0.2) is 4.79 Å². The van der Waals surface area contributed by atoms with E-state index in [0.717, 1.165) is 12.8 Å². The predicted octanol–water partition coefficient (Wildman–Crippen LogP) is 1.93. The highest BCUT2D eigenvalue weighted by Gasteiger charge is 2.20. The number of carbonyl (C=O) groups is 2. The van der Waals surface area contributed by atoms with Crippen LogP contribution in [0.3, 0.4) is 0 Å². The minimum absolute atomic E-state index is 0.107. The molecule has 1 aliphatic heterocycles. The normalized spacial score (nSPS) is 22.5. The predicted molar refractivity (Wildman–Crippen MR) is 63.0 cm³/mol. The lowest BCUT2D eigenvalue weighted by Gasteiger charge is -2.04. The molecule has 1 aliphatic carbocycles. The molecule has 1 heterocycles. The molecule has 17 heavy (non-hydrogen) atoms. The Hall–Kier alpha value is -1.82. The molecule has 88 valence electrons. The first-order valence-electron chi connectivity index (χ1n) is 5.81. The first-order chi connectivity index (χ1) is 8.18. The number of carbonyl (C=O) groups excluding carboxylic acids is 2. The topological polar surface area (TPSA) is 43.4 Å². The highest BCUT2D eigenvalue weighted by atomic mass is 16.5. The van der Waals surface area contributed by atoms with Crippen molar-refractivity contribution in [1.29, 1.82) is 0 Å². The van der Waals surface area contributed by atoms with Crippen LogP contribution in [0.1, 0.15) is 32.6 Å². The fourth-order valence-electron chi connectivity index (χ4n) is 1.89. The number of allylic oxidation sites excluding steroid dienone is 3. The second-order valence-electron chi connectivity index (χ2n) is 4.17. The molecular weight excluding hydrogens is 216 g/mol. The van der Waals surface area contributed by atoms with E-state index in [9.17, 15) is 9.59 Å². The van der Waals surface area contributed by atoms with E-state index in [0.29, 0.717) is 36.2 Å². The Kier molecular flexibility index (Phi) is 3.43. The maximum atomic E-state index is 11.5. The molecule has 2 rings (SSSR count). The standard InChI is InChI=1S/C14H14O3/c1-10(12-8-9-17-14(12)16)6-7-11-4-2-3-5-13(11)15/h4H,2-3,5,8-9H2,1H3/b12-10-. The van der Waals surface area contributed by atoms with Crippen molar-refractivity contribution in [3.8, 4) is 11.8 Å². The second kappa shape index (κ2) is 5.01. The maximum Gasteiger partial charge on any atom is 0.335 e. The number of cyclic esters (lactones) is 1. The zero-order valence-electron chi connectivity index (χ0n) is 9.84. The molecular formula is C14H14O3. The zero-order valence-corrected chi connectivity index (χ0v) is 9.84. The summed E-state index contributed by atoms with van der Waals surface area (Å²) in [6, 6.07) is 0. The van der Waals surface area contributed by atoms with Crippen LogP contribution >= 0.6 is 0 Å². The van der Waals surface area contributed by atoms with E-state index in [1.54, 1.807) is 6.92 Å². The van der Waals surface area contributed by atoms with Crippen molar-refractivity contribution in [2.24, 2.45) is 0 Å². The molecule has 3 nitrogen and oxygen atoms in total. The van der Waals surface area contributed by atoms with Gasteiger partial charge >= 0.3 is 5.97 Å². The minimum Gasteiger partial charge on any atom is -0.462 e. The zero-order chi connectivity index (χ0) is 12.3. The number of esters is 1. The summed E-state index contributed by atoms with van der Waals surface area (Å²) in [6.07, 6.45) is 4.90. The van der Waals surface area contributed by atoms with Gasteiger partial charge in [-0.05, 0) is 19.8 Å². The van der Waals surface area contributed by atoms with E-state index in [1.165, 1.54) is 0 Å². The molecule has 0 saturated carbocycles. The fourth-order valence-corrected chi connectivity index (χ4v) is 1.89. The number of hydrogen-bond donors (Lipinski definition) is 0. The van der Waals surface area contributed by atoms with Gasteiger partial charge < -0.3 is 4.74 Å². The van der Waals surface area contributed by atoms with Crippen LogP contribution in [0.5, 0.6) is 0 Å². The Morgan fingerprint density at radius 2 is 2.18 bits per heavy atom. The van der Waals surface area contributed by atoms with Crippen LogP contribution in [-0.4, -0.2) is 18.4 Å². The quantitative estimate of drug-likeness (QED) is 0.363. The number of rotatable bonds is 0. The van der Waals surface area contributed by atoms with Gasteiger partial charge in [-0.15, -0.1) is 0 Å². The maximum absolute atomic E-state index is 11.5. The van der Waals surface area contributed by atoms with Gasteiger partial charge in [0.2, 0.25) is 0 Å². The smallest absolute Gasteiger partial charge is 0.335 e. The molecule has 3 heteroatoms. The molecule has 1 saturated heterocycles. The lowest BCUT2D eigenvalue weighted by Crippen LogP contribution is -2.05. The molecule has 0 amide bonds. The summed E-state index contributed by atoms with van der Waals surface area (Å²) in [5, 5.41) is 0. The van der Waals surface area contributed by atoms with Crippen LogP contribution in [0.25, 0.3) is 0 Å². The summed E-state index contributed by atoms with van der Waals surface area (Å²) in [5.74, 6) is 5.59. The van der Waals surface area contributed by atoms with E-state index in [4.69, 9.17) is 4.74 Å². The Morgan fingerprint density at radius 1 is 1.35 bits per heavy atom. The second-order valence-corrected chi connectivity index (χ2v) is 4.17. The molecule has 0 atom stereocenters. The van der Waals surface area contributed by atoms with Gasteiger partial charge in [-0.3, -0.25) is 4.79 Å². The molecule has 0 unspecified atom stereocenters. The molecule has 0 radical (unpaired) electrons. The number of ketones is 1. The van der Waals surface area contributed by atoms with Crippen LogP contribution in [0.2, 0.25) is 0 Å². The molecule has 0 aromatic carbocycles. The van der Waals surface area contributed by atoms with Gasteiger partial charge in [0.05, 0.1) is 17.8 Å². The average Bonchev–Trinajstić information content (AvgIpc) is 2.74. The van der Waals surface area contributed by atoms with E-state index in [-0.39, 0.29) is 11.8 Å². The van der Waals surface area contributed by atoms with Gasteiger partial charge in [0, 0.05) is 18.4 Å². The van der Waals surface area contributed by atoms with Crippen molar-refractivity contribution < 1.29 is 14.3 Å². The first-order valence-corrected chi connectivity index (χ1v) is 5.81. The highest BCUT2D eigenvalue weighted by molar-refractivity contribution is 6.00. The third-order valence-electron chi connectivity index (χ3n) is 2.93. The van der Waals surface area contributed by atoms with Crippen molar-refractivity contribution in [2.45, 2.75) is 32.6 Å². The van der Waals surface area contributed by atoms with Gasteiger partial charge in [0.1, 0.15) is 0 Å². The molecule has 0 spiro atoms. The first kappa shape index (κ1) is 11.7. The minimum atomic E-state index is -0.277. The monoisotopic (exact) mass is 230 g/mol. The van der Waals surface area contributed by atoms with Crippen molar-refractivity contribution in [3.63, 3.8) is 0 Å². The fraction of sp³-hybridized carbons (Fsp3) is 0.429. The Labute approximate surface area is 101 Å². The van der Waals surface area contributed by atoms with E-state index in [2.05, 4.69) is 11.8 Å². The van der Waals surface area contributed by atoms with Crippen LogP contribution in [0, 0.1) is 11.8 Å². The molecule has 1 fully saturated rings. The van der Waals surface area contributed by atoms with E-state index < -0.39 is 0 Å². The van der Waals surface area contributed by atoms with Gasteiger partial charge in [0.15, 0.2) is 5.78 Å². The van der Waals surface area contributed by atoms with Crippen molar-refractivity contribution >= 4 is 11.8 Å². The van der Waals surface area contributed by atoms with Crippen LogP contribution < -0.4 is 0 Å². The number of hydrogen-bond acceptors (Lipinski definition) is 3. The summed E-state index contributed by atoms with van der Waals surface area (Å²) >= 11 is 0. The summed E-state index contributed by atoms with van der Waals surface area (Å²) in [5.41, 5.74) is 1.94. The Bertz CT molecular complexity index is 483. The molecule has 0 bridgehead atoms. The van der Waals surface area contributed by atoms with Gasteiger partial charge in [-0.1, -0.05) is 17.9 Å². The Morgan fingerprint density at radius 3 is 2.82 bits per heavy atom. The largest absolute Gasteiger partial charge is 0.462 e. The van der Waals surface area contributed by atoms with Crippen LogP contribution in [0.15, 0.2) is 22.8 Å². The third kappa shape index (κ3) is 2.65. The summed E-state index contributed by atoms with van der Waals surface area (Å²) in [6.45, 7) is 2.23. The van der Waals surface area contributed by atoms with Gasteiger partial charge in [0.25, 0.3) is 0 Å². The van der Waals surface area contributed by atoms with E-state index >= 15 is 0 Å². The molecule has 0 N–H and O–H groups in total. The third-order valence-corrected chi connectivity index (χ3v) is 2.93. The number of Topliss-reactive ketones (excluding diaryl/α,β-unsaturated/α-hetero) is 1. The van der Waals surface area contributed by atoms with Crippen molar-refractivity contribution in [1.82, 2.24) is 0 Å². The molecule has 0 aromatic heterocycles. The summed E-state index contributed by atoms with van der Waals surface area (Å²) in [7, 11) is 0. The van der Waals surface area contributed by atoms with Crippen LogP contribution in [-0.2, 0) is 14.3 Å². The van der Waals surface area contributed by atoms with Gasteiger partial charge in [-0.2, -0.15) is 0 Å². The molecule has 2 aliphatic rings. The Balaban J connectivity index is 2.19. The lowest BCUT2D eigenvalue weighted by molar-refractivity contribution is -0.135. The highest BCUT2D eigenvalue weighted by Crippen LogP contribution is 2.18. The summed E-state index contributed by atoms with van der Waals surface area (Å²) in [4.78, 5) is 22.8. The summed E-state index contributed by atoms with van der Waals surface area (Å²) < 4.78 is 4.85. The van der Waals surface area contributed by atoms with Crippen LogP contribution in [0.4, 0.5) is 0 Å². The SMILES string of the molecule is C/C(C#CC1=CCCCC1=O)=C1\CCOC1=O. The average molecular weight is 230 g/mol. The number of ether oxygens (including phenoxy) is 1. The van der Waals surface area contributed by atoms with Crippen molar-refractivity contribution in [2.75, 3.05) is 6.61 Å². The van der Waals surface area contributed by atoms with Crippen molar-refractivity contribution in [3.05, 3.63) is 22.8 Å². The molecule has 0 aromatic rings. The van der Waals surface area contributed by atoms with E-state index in [1.807, 2.05) is 6.08 Å². The lowest BCUT2D eigenvalue weighted by atomic mass is 9.98.